The molecule has 2 aromatic rings. The molecular weight excluding hydrogens is 458 g/mol. The fourth-order valence-corrected chi connectivity index (χ4v) is 3.87. The number of aromatic nitrogens is 1. The summed E-state index contributed by atoms with van der Waals surface area (Å²) >= 11 is 23.8. The second kappa shape index (κ2) is 9.96. The van der Waals surface area contributed by atoms with Gasteiger partial charge in [0.2, 0.25) is 5.91 Å². The van der Waals surface area contributed by atoms with Crippen molar-refractivity contribution in [3.63, 3.8) is 0 Å². The highest BCUT2D eigenvalue weighted by Gasteiger charge is 2.25. The molecule has 0 bridgehead atoms. The van der Waals surface area contributed by atoms with Gasteiger partial charge in [-0.05, 0) is 25.0 Å². The molecule has 1 saturated heterocycles. The predicted octanol–water partition coefficient (Wildman–Crippen LogP) is 4.53. The molecule has 2 N–H and O–H groups in total. The van der Waals surface area contributed by atoms with Gasteiger partial charge in [0.1, 0.15) is 10.8 Å². The highest BCUT2D eigenvalue weighted by molar-refractivity contribution is 6.52. The van der Waals surface area contributed by atoms with Gasteiger partial charge in [0.05, 0.1) is 21.6 Å². The maximum Gasteiger partial charge on any atom is 0.271 e. The normalized spacial score (nSPS) is 15.2. The molecule has 1 fully saturated rings. The fraction of sp³-hybridized carbons (Fsp3) is 0.316. The Labute approximate surface area is 188 Å². The van der Waals surface area contributed by atoms with E-state index in [1.54, 1.807) is 0 Å². The van der Waals surface area contributed by atoms with Gasteiger partial charge in [-0.25, -0.2) is 4.98 Å². The summed E-state index contributed by atoms with van der Waals surface area (Å²) in [6.45, 7) is 1.65. The number of halogens is 4. The number of carbonyl (C=O) groups is 2. The van der Waals surface area contributed by atoms with Gasteiger partial charge in [0, 0.05) is 24.8 Å². The summed E-state index contributed by atoms with van der Waals surface area (Å²) in [5.74, 6) is -0.532. The zero-order chi connectivity index (χ0) is 21.0. The molecule has 1 aliphatic rings. The van der Waals surface area contributed by atoms with E-state index in [4.69, 9.17) is 46.4 Å². The topological polar surface area (TPSA) is 74.3 Å². The SMILES string of the molecule is O=C(CN1CCC(NC(=O)c2nc(Cl)c(Cl)c(Cl)c2Cl)CC1)Nc1ccccc1. The van der Waals surface area contributed by atoms with Gasteiger partial charge in [0.15, 0.2) is 0 Å². The van der Waals surface area contributed by atoms with Crippen molar-refractivity contribution in [1.29, 1.82) is 0 Å². The van der Waals surface area contributed by atoms with Gasteiger partial charge < -0.3 is 10.6 Å². The lowest BCUT2D eigenvalue weighted by molar-refractivity contribution is -0.117. The van der Waals surface area contributed by atoms with E-state index in [0.717, 1.165) is 5.69 Å². The highest BCUT2D eigenvalue weighted by Crippen LogP contribution is 2.36. The first-order valence-electron chi connectivity index (χ1n) is 8.93. The first kappa shape index (κ1) is 22.1. The largest absolute Gasteiger partial charge is 0.348 e. The monoisotopic (exact) mass is 474 g/mol. The Bertz CT molecular complexity index is 903. The van der Waals surface area contributed by atoms with Crippen molar-refractivity contribution in [3.8, 4) is 0 Å². The van der Waals surface area contributed by atoms with E-state index in [0.29, 0.717) is 32.5 Å². The number of benzene rings is 1. The van der Waals surface area contributed by atoms with Crippen LogP contribution in [0, 0.1) is 0 Å². The number of nitrogens with zero attached hydrogens (tertiary/aromatic N) is 2. The number of piperidine rings is 1. The highest BCUT2D eigenvalue weighted by atomic mass is 35.5. The lowest BCUT2D eigenvalue weighted by Gasteiger charge is -2.31. The molecule has 1 aromatic carbocycles. The standard InChI is InChI=1S/C19H18Cl4N4O2/c20-14-15(21)17(26-18(23)16(14)22)19(29)25-12-6-8-27(9-7-12)10-13(28)24-11-4-2-1-3-5-11/h1-5,12H,6-10H2,(H,24,28)(H,25,29). The van der Waals surface area contributed by atoms with Crippen LogP contribution in [0.15, 0.2) is 30.3 Å². The Kier molecular flexibility index (Phi) is 7.60. The van der Waals surface area contributed by atoms with Crippen LogP contribution in [-0.4, -0.2) is 47.4 Å². The Morgan fingerprint density at radius 1 is 1.00 bits per heavy atom. The van der Waals surface area contributed by atoms with Crippen molar-refractivity contribution in [2.45, 2.75) is 18.9 Å². The summed E-state index contributed by atoms with van der Waals surface area (Å²) in [6.07, 6.45) is 1.38. The number of hydrogen-bond acceptors (Lipinski definition) is 4. The molecule has 154 valence electrons. The second-order valence-electron chi connectivity index (χ2n) is 6.63. The number of nitrogens with one attached hydrogen (secondary N) is 2. The van der Waals surface area contributed by atoms with Gasteiger partial charge in [0.25, 0.3) is 5.91 Å². The molecule has 0 atom stereocenters. The molecule has 0 saturated carbocycles. The lowest BCUT2D eigenvalue weighted by Crippen LogP contribution is -2.46. The van der Waals surface area contributed by atoms with Gasteiger partial charge in [-0.1, -0.05) is 64.6 Å². The number of anilines is 1. The molecule has 2 amide bonds. The Morgan fingerprint density at radius 3 is 2.31 bits per heavy atom. The van der Waals surface area contributed by atoms with Crippen molar-refractivity contribution in [2.24, 2.45) is 0 Å². The molecule has 0 radical (unpaired) electrons. The molecule has 0 aliphatic carbocycles. The van der Waals surface area contributed by atoms with E-state index in [2.05, 4.69) is 15.6 Å². The molecule has 3 rings (SSSR count). The fourth-order valence-electron chi connectivity index (χ4n) is 3.05. The van der Waals surface area contributed by atoms with Crippen LogP contribution in [0.25, 0.3) is 0 Å². The maximum absolute atomic E-state index is 12.5. The van der Waals surface area contributed by atoms with Crippen LogP contribution >= 0.6 is 46.4 Å². The van der Waals surface area contributed by atoms with Gasteiger partial charge >= 0.3 is 0 Å². The maximum atomic E-state index is 12.5. The van der Waals surface area contributed by atoms with Crippen molar-refractivity contribution >= 4 is 63.9 Å². The van der Waals surface area contributed by atoms with Crippen molar-refractivity contribution in [1.82, 2.24) is 15.2 Å². The number of rotatable bonds is 5. The number of pyridine rings is 1. The number of carbonyl (C=O) groups excluding carboxylic acids is 2. The number of hydrogen-bond donors (Lipinski definition) is 2. The summed E-state index contributed by atoms with van der Waals surface area (Å²) < 4.78 is 0. The minimum absolute atomic E-state index is 0.00210. The lowest BCUT2D eigenvalue weighted by atomic mass is 10.0. The van der Waals surface area contributed by atoms with E-state index in [-0.39, 0.29) is 37.9 Å². The van der Waals surface area contributed by atoms with E-state index in [1.165, 1.54) is 0 Å². The van der Waals surface area contributed by atoms with Crippen molar-refractivity contribution < 1.29 is 9.59 Å². The molecule has 10 heteroatoms. The van der Waals surface area contributed by atoms with E-state index in [1.807, 2.05) is 35.2 Å². The summed E-state index contributed by atoms with van der Waals surface area (Å²) in [7, 11) is 0. The first-order chi connectivity index (χ1) is 13.8. The Morgan fingerprint density at radius 2 is 1.66 bits per heavy atom. The number of likely N-dealkylation sites (tertiary alicyclic amines) is 1. The quantitative estimate of drug-likeness (QED) is 0.623. The summed E-state index contributed by atoms with van der Waals surface area (Å²) in [5.41, 5.74) is 0.708. The molecular formula is C19H18Cl4N4O2. The minimum atomic E-state index is -0.462. The van der Waals surface area contributed by atoms with Crippen LogP contribution in [0.3, 0.4) is 0 Å². The molecule has 29 heavy (non-hydrogen) atoms. The molecule has 0 spiro atoms. The van der Waals surface area contributed by atoms with Gasteiger partial charge in [-0.3, -0.25) is 14.5 Å². The predicted molar refractivity (Wildman–Crippen MR) is 116 cm³/mol. The molecule has 0 unspecified atom stereocenters. The molecule has 1 aromatic heterocycles. The summed E-state index contributed by atoms with van der Waals surface area (Å²) in [4.78, 5) is 30.7. The van der Waals surface area contributed by atoms with Crippen LogP contribution in [0.5, 0.6) is 0 Å². The Balaban J connectivity index is 1.50. The van der Waals surface area contributed by atoms with E-state index >= 15 is 0 Å². The Hall–Kier alpha value is -1.57. The van der Waals surface area contributed by atoms with Crippen LogP contribution < -0.4 is 10.6 Å². The van der Waals surface area contributed by atoms with E-state index in [9.17, 15) is 9.59 Å². The average Bonchev–Trinajstić information content (AvgIpc) is 2.71. The van der Waals surface area contributed by atoms with Gasteiger partial charge in [-0.2, -0.15) is 0 Å². The van der Waals surface area contributed by atoms with Crippen LogP contribution in [0.1, 0.15) is 23.3 Å². The summed E-state index contributed by atoms with van der Waals surface area (Å²) in [6, 6.07) is 9.24. The number of para-hydroxylation sites is 1. The average molecular weight is 476 g/mol. The zero-order valence-corrected chi connectivity index (χ0v) is 18.2. The van der Waals surface area contributed by atoms with Gasteiger partial charge in [-0.15, -0.1) is 0 Å². The van der Waals surface area contributed by atoms with Crippen molar-refractivity contribution in [2.75, 3.05) is 25.0 Å². The third-order valence-electron chi connectivity index (χ3n) is 4.55. The van der Waals surface area contributed by atoms with Crippen LogP contribution in [-0.2, 0) is 4.79 Å². The molecule has 6 nitrogen and oxygen atoms in total. The smallest absolute Gasteiger partial charge is 0.271 e. The molecule has 1 aliphatic heterocycles. The third-order valence-corrected chi connectivity index (χ3v) is 6.22. The van der Waals surface area contributed by atoms with Crippen LogP contribution in [0.4, 0.5) is 5.69 Å². The number of amides is 2. The molecule has 2 heterocycles. The van der Waals surface area contributed by atoms with E-state index < -0.39 is 5.91 Å². The third kappa shape index (κ3) is 5.74. The minimum Gasteiger partial charge on any atom is -0.348 e. The first-order valence-corrected chi connectivity index (χ1v) is 10.4. The zero-order valence-electron chi connectivity index (χ0n) is 15.2. The second-order valence-corrected chi connectivity index (χ2v) is 8.12. The van der Waals surface area contributed by atoms with Crippen LogP contribution in [0.2, 0.25) is 20.2 Å². The van der Waals surface area contributed by atoms with Crippen molar-refractivity contribution in [3.05, 3.63) is 56.2 Å². The summed E-state index contributed by atoms with van der Waals surface area (Å²) in [5, 5.41) is 5.65.